The van der Waals surface area contributed by atoms with Crippen molar-refractivity contribution in [2.75, 3.05) is 31.8 Å². The van der Waals surface area contributed by atoms with E-state index in [2.05, 4.69) is 5.32 Å². The van der Waals surface area contributed by atoms with Gasteiger partial charge < -0.3 is 20.1 Å². The van der Waals surface area contributed by atoms with Crippen LogP contribution < -0.4 is 10.1 Å². The van der Waals surface area contributed by atoms with Gasteiger partial charge in [-0.05, 0) is 30.9 Å². The molecule has 1 aliphatic heterocycles. The predicted molar refractivity (Wildman–Crippen MR) is 91.7 cm³/mol. The van der Waals surface area contributed by atoms with E-state index in [1.165, 1.54) is 24.1 Å². The number of hydrogen-bond donors (Lipinski definition) is 2. The van der Waals surface area contributed by atoms with Gasteiger partial charge in [0.25, 0.3) is 0 Å². The number of methoxy groups -OCH3 is 1. The van der Waals surface area contributed by atoms with Crippen molar-refractivity contribution in [3.8, 4) is 5.75 Å². The third kappa shape index (κ3) is 5.09. The van der Waals surface area contributed by atoms with E-state index in [4.69, 9.17) is 9.84 Å². The summed E-state index contributed by atoms with van der Waals surface area (Å²) in [6, 6.07) is 3.96. The number of nitrogens with zero attached hydrogens (tertiary/aromatic N) is 1. The molecule has 1 unspecified atom stereocenters. The number of likely N-dealkylation sites (tertiary alicyclic amines) is 1. The fourth-order valence-electron chi connectivity index (χ4n) is 2.90. The molecule has 1 aromatic rings. The van der Waals surface area contributed by atoms with Crippen LogP contribution in [0.4, 0.5) is 10.5 Å². The van der Waals surface area contributed by atoms with E-state index < -0.39 is 21.8 Å². The van der Waals surface area contributed by atoms with E-state index in [1.807, 2.05) is 0 Å². The van der Waals surface area contributed by atoms with E-state index in [0.29, 0.717) is 25.3 Å². The van der Waals surface area contributed by atoms with Gasteiger partial charge in [0.05, 0.1) is 17.7 Å². The summed E-state index contributed by atoms with van der Waals surface area (Å²) in [7, 11) is -2.13. The normalized spacial score (nSPS) is 17.8. The lowest BCUT2D eigenvalue weighted by molar-refractivity contribution is -0.138. The van der Waals surface area contributed by atoms with Crippen molar-refractivity contribution in [2.24, 2.45) is 5.92 Å². The Balaban J connectivity index is 2.16. The summed E-state index contributed by atoms with van der Waals surface area (Å²) in [4.78, 5) is 24.8. The van der Waals surface area contributed by atoms with Crippen LogP contribution in [-0.2, 0) is 14.6 Å². The van der Waals surface area contributed by atoms with E-state index in [9.17, 15) is 18.0 Å². The van der Waals surface area contributed by atoms with Gasteiger partial charge in [0, 0.05) is 31.8 Å². The molecule has 9 heteroatoms. The van der Waals surface area contributed by atoms with Gasteiger partial charge in [-0.1, -0.05) is 0 Å². The highest BCUT2D eigenvalue weighted by atomic mass is 32.2. The molecule has 2 amide bonds. The monoisotopic (exact) mass is 370 g/mol. The van der Waals surface area contributed by atoms with Crippen LogP contribution in [-0.4, -0.2) is 56.9 Å². The van der Waals surface area contributed by atoms with Gasteiger partial charge in [-0.15, -0.1) is 0 Å². The molecule has 8 nitrogen and oxygen atoms in total. The third-order valence-electron chi connectivity index (χ3n) is 4.10. The number of piperidine rings is 1. The van der Waals surface area contributed by atoms with Crippen LogP contribution in [0.15, 0.2) is 23.1 Å². The summed E-state index contributed by atoms with van der Waals surface area (Å²) in [5.41, 5.74) is 0.175. The Labute approximate surface area is 146 Å². The largest absolute Gasteiger partial charge is 0.497 e. The van der Waals surface area contributed by atoms with Crippen LogP contribution in [0.2, 0.25) is 0 Å². The molecule has 0 radical (unpaired) electrons. The molecule has 0 spiro atoms. The number of carbonyl (C=O) groups is 2. The average Bonchev–Trinajstić information content (AvgIpc) is 2.53. The van der Waals surface area contributed by atoms with Crippen LogP contribution in [0.3, 0.4) is 0 Å². The number of anilines is 1. The number of ether oxygens (including phenoxy) is 1. The lowest BCUT2D eigenvalue weighted by Gasteiger charge is -2.32. The van der Waals surface area contributed by atoms with Gasteiger partial charge in [0.15, 0.2) is 9.84 Å². The maximum Gasteiger partial charge on any atom is 0.321 e. The quantitative estimate of drug-likeness (QED) is 0.817. The zero-order valence-corrected chi connectivity index (χ0v) is 15.0. The molecule has 1 heterocycles. The first-order chi connectivity index (χ1) is 11.7. The van der Waals surface area contributed by atoms with Crippen molar-refractivity contribution in [3.63, 3.8) is 0 Å². The van der Waals surface area contributed by atoms with Crippen LogP contribution >= 0.6 is 0 Å². The number of aliphatic carboxylic acids is 1. The highest BCUT2D eigenvalue weighted by Gasteiger charge is 2.26. The number of benzene rings is 1. The van der Waals surface area contributed by atoms with Crippen molar-refractivity contribution in [1.29, 1.82) is 0 Å². The van der Waals surface area contributed by atoms with Crippen LogP contribution in [0, 0.1) is 5.92 Å². The molecule has 2 N–H and O–H groups in total. The number of rotatable bonds is 5. The first kappa shape index (κ1) is 19.0. The zero-order chi connectivity index (χ0) is 18.6. The van der Waals surface area contributed by atoms with E-state index in [-0.39, 0.29) is 22.9 Å². The third-order valence-corrected chi connectivity index (χ3v) is 5.24. The molecule has 0 aromatic heterocycles. The van der Waals surface area contributed by atoms with Gasteiger partial charge in [0.1, 0.15) is 5.75 Å². The summed E-state index contributed by atoms with van der Waals surface area (Å²) >= 11 is 0. The summed E-state index contributed by atoms with van der Waals surface area (Å²) < 4.78 is 29.0. The van der Waals surface area contributed by atoms with Crippen molar-refractivity contribution in [2.45, 2.75) is 24.2 Å². The lowest BCUT2D eigenvalue weighted by Crippen LogP contribution is -2.42. The summed E-state index contributed by atoms with van der Waals surface area (Å²) in [5, 5.41) is 11.5. The Hall–Kier alpha value is -2.29. The molecule has 1 aromatic carbocycles. The second-order valence-electron chi connectivity index (χ2n) is 6.12. The highest BCUT2D eigenvalue weighted by molar-refractivity contribution is 7.90. The number of nitrogens with one attached hydrogen (secondary N) is 1. The van der Waals surface area contributed by atoms with Crippen LogP contribution in [0.25, 0.3) is 0 Å². The lowest BCUT2D eigenvalue weighted by atomic mass is 9.95. The molecule has 0 bridgehead atoms. The van der Waals surface area contributed by atoms with Gasteiger partial charge in [-0.3, -0.25) is 4.79 Å². The van der Waals surface area contributed by atoms with Gasteiger partial charge in [-0.2, -0.15) is 0 Å². The molecule has 1 atom stereocenters. The Bertz CT molecular complexity index is 762. The van der Waals surface area contributed by atoms with Gasteiger partial charge >= 0.3 is 12.0 Å². The fourth-order valence-corrected chi connectivity index (χ4v) is 3.75. The fraction of sp³-hybridized carbons (Fsp3) is 0.500. The number of carboxylic acid groups (broad SMARTS) is 1. The zero-order valence-electron chi connectivity index (χ0n) is 14.2. The van der Waals surface area contributed by atoms with Crippen molar-refractivity contribution in [3.05, 3.63) is 18.2 Å². The molecule has 1 fully saturated rings. The van der Waals surface area contributed by atoms with E-state index in [0.717, 1.165) is 12.7 Å². The predicted octanol–water partition coefficient (Wildman–Crippen LogP) is 1.82. The van der Waals surface area contributed by atoms with Gasteiger partial charge in [-0.25, -0.2) is 13.2 Å². The molecule has 138 valence electrons. The molecule has 1 saturated heterocycles. The number of urea groups is 1. The van der Waals surface area contributed by atoms with E-state index in [1.54, 1.807) is 6.07 Å². The van der Waals surface area contributed by atoms with Crippen molar-refractivity contribution in [1.82, 2.24) is 4.90 Å². The molecule has 1 aliphatic rings. The summed E-state index contributed by atoms with van der Waals surface area (Å²) in [6.45, 7) is 0.842. The van der Waals surface area contributed by atoms with Gasteiger partial charge in [0.2, 0.25) is 0 Å². The molecule has 0 aliphatic carbocycles. The molecule has 2 rings (SSSR count). The molecule has 0 saturated carbocycles. The average molecular weight is 370 g/mol. The minimum absolute atomic E-state index is 0.0148. The number of carbonyl (C=O) groups excluding carboxylic acids is 1. The Morgan fingerprint density at radius 3 is 2.72 bits per heavy atom. The second-order valence-corrected chi connectivity index (χ2v) is 8.10. The summed E-state index contributed by atoms with van der Waals surface area (Å²) in [6.07, 6.45) is 2.54. The standard InChI is InChI=1S/C16H22N2O6S/c1-24-12-5-6-13(14(9-12)25(2,22)23)17-16(21)18-7-3-4-11(10-18)8-15(19)20/h5-6,9,11H,3-4,7-8,10H2,1-2H3,(H,17,21)(H,19,20). The highest BCUT2D eigenvalue weighted by Crippen LogP contribution is 2.27. The molecule has 25 heavy (non-hydrogen) atoms. The Morgan fingerprint density at radius 2 is 2.12 bits per heavy atom. The maximum atomic E-state index is 12.5. The Morgan fingerprint density at radius 1 is 1.40 bits per heavy atom. The number of hydrogen-bond acceptors (Lipinski definition) is 5. The molecular formula is C16H22N2O6S. The van der Waals surface area contributed by atoms with Crippen LogP contribution in [0.1, 0.15) is 19.3 Å². The Kier molecular flexibility index (Phi) is 5.89. The first-order valence-electron chi connectivity index (χ1n) is 7.86. The number of carboxylic acids is 1. The molecular weight excluding hydrogens is 348 g/mol. The minimum Gasteiger partial charge on any atom is -0.497 e. The second kappa shape index (κ2) is 7.73. The first-order valence-corrected chi connectivity index (χ1v) is 9.75. The number of amides is 2. The number of sulfone groups is 1. The minimum atomic E-state index is -3.56. The van der Waals surface area contributed by atoms with E-state index >= 15 is 0 Å². The SMILES string of the molecule is COc1ccc(NC(=O)N2CCCC(CC(=O)O)C2)c(S(C)(=O)=O)c1. The van der Waals surface area contributed by atoms with Crippen molar-refractivity contribution >= 4 is 27.5 Å². The topological polar surface area (TPSA) is 113 Å². The van der Waals surface area contributed by atoms with Crippen molar-refractivity contribution < 1.29 is 27.9 Å². The van der Waals surface area contributed by atoms with Crippen LogP contribution in [0.5, 0.6) is 5.75 Å². The maximum absolute atomic E-state index is 12.5. The smallest absolute Gasteiger partial charge is 0.321 e. The summed E-state index contributed by atoms with van der Waals surface area (Å²) in [5.74, 6) is -0.609.